The number of carboxylic acids is 1. The van der Waals surface area contributed by atoms with Crippen LogP contribution in [0.4, 0.5) is 0 Å². The number of aliphatic carboxylic acids is 1. The average molecular weight is 435 g/mol. The molecule has 0 aromatic carbocycles. The number of carbonyl (C=O) groups excluding carboxylic acids is 3. The molecule has 174 valence electrons. The number of rotatable bonds is 14. The zero-order chi connectivity index (χ0) is 23.4. The zero-order valence-corrected chi connectivity index (χ0v) is 17.1. The maximum absolute atomic E-state index is 12.5. The van der Waals surface area contributed by atoms with E-state index < -0.39 is 66.7 Å². The minimum absolute atomic E-state index is 0.313. The van der Waals surface area contributed by atoms with E-state index in [4.69, 9.17) is 21.7 Å². The summed E-state index contributed by atoms with van der Waals surface area (Å²) in [5, 5.41) is 44.0. The summed E-state index contributed by atoms with van der Waals surface area (Å²) >= 11 is 0. The summed E-state index contributed by atoms with van der Waals surface area (Å²) in [6.45, 7) is 1.93. The van der Waals surface area contributed by atoms with Crippen molar-refractivity contribution in [1.29, 1.82) is 0 Å². The lowest BCUT2D eigenvalue weighted by Crippen LogP contribution is -2.62. The fourth-order valence-corrected chi connectivity index (χ4v) is 2.40. The van der Waals surface area contributed by atoms with Gasteiger partial charge in [-0.15, -0.1) is 0 Å². The van der Waals surface area contributed by atoms with Crippen LogP contribution < -0.4 is 27.4 Å². The van der Waals surface area contributed by atoms with Crippen molar-refractivity contribution in [2.24, 2.45) is 11.5 Å². The predicted molar refractivity (Wildman–Crippen MR) is 105 cm³/mol. The van der Waals surface area contributed by atoms with E-state index in [1.165, 1.54) is 13.8 Å². The predicted octanol–water partition coefficient (Wildman–Crippen LogP) is -4.26. The quantitative estimate of drug-likeness (QED) is 0.119. The Balaban J connectivity index is 5.16. The van der Waals surface area contributed by atoms with Crippen molar-refractivity contribution in [3.05, 3.63) is 0 Å². The van der Waals surface area contributed by atoms with E-state index >= 15 is 0 Å². The van der Waals surface area contributed by atoms with Crippen LogP contribution in [0.1, 0.15) is 33.1 Å². The van der Waals surface area contributed by atoms with Crippen LogP contribution in [-0.4, -0.2) is 93.6 Å². The Morgan fingerprint density at radius 3 is 1.73 bits per heavy atom. The van der Waals surface area contributed by atoms with E-state index in [-0.39, 0.29) is 0 Å². The lowest BCUT2D eigenvalue weighted by molar-refractivity contribution is -0.144. The van der Waals surface area contributed by atoms with Gasteiger partial charge in [0.15, 0.2) is 0 Å². The highest BCUT2D eigenvalue weighted by molar-refractivity contribution is 5.94. The highest BCUT2D eigenvalue weighted by Crippen LogP contribution is 2.03. The van der Waals surface area contributed by atoms with Crippen LogP contribution in [0.2, 0.25) is 0 Å². The largest absolute Gasteiger partial charge is 0.480 e. The third-order valence-corrected chi connectivity index (χ3v) is 4.23. The van der Waals surface area contributed by atoms with Crippen LogP contribution in [0.3, 0.4) is 0 Å². The van der Waals surface area contributed by atoms with Gasteiger partial charge in [0.1, 0.15) is 18.1 Å². The molecule has 13 heteroatoms. The van der Waals surface area contributed by atoms with Gasteiger partial charge < -0.3 is 47.8 Å². The molecule has 0 saturated carbocycles. The molecule has 0 aliphatic heterocycles. The van der Waals surface area contributed by atoms with Crippen molar-refractivity contribution in [3.63, 3.8) is 0 Å². The molecule has 6 atom stereocenters. The highest BCUT2D eigenvalue weighted by Gasteiger charge is 2.34. The van der Waals surface area contributed by atoms with Gasteiger partial charge in [-0.05, 0) is 33.2 Å². The molecular weight excluding hydrogens is 402 g/mol. The standard InChI is InChI=1S/C17H33N5O8/c1-8(24)12(15(27)20-11(7-23)17(29)30)22-16(28)13(9(2)25)21-14(26)10(19)5-3-4-6-18/h8-13,23-25H,3-7,18-19H2,1-2H3,(H,20,27)(H,21,26)(H,22,28)(H,29,30). The Morgan fingerprint density at radius 2 is 1.33 bits per heavy atom. The number of aliphatic hydroxyl groups excluding tert-OH is 3. The van der Waals surface area contributed by atoms with E-state index in [0.717, 1.165) is 0 Å². The summed E-state index contributed by atoms with van der Waals surface area (Å²) in [7, 11) is 0. The molecule has 0 bridgehead atoms. The first kappa shape index (κ1) is 27.7. The number of hydrogen-bond donors (Lipinski definition) is 9. The zero-order valence-electron chi connectivity index (χ0n) is 17.1. The van der Waals surface area contributed by atoms with Crippen molar-refractivity contribution in [2.75, 3.05) is 13.2 Å². The number of aliphatic hydroxyl groups is 3. The summed E-state index contributed by atoms with van der Waals surface area (Å²) in [4.78, 5) is 47.9. The fraction of sp³-hybridized carbons (Fsp3) is 0.765. The Hall–Kier alpha value is -2.32. The van der Waals surface area contributed by atoms with Gasteiger partial charge in [-0.3, -0.25) is 14.4 Å². The highest BCUT2D eigenvalue weighted by atomic mass is 16.4. The molecule has 0 spiro atoms. The van der Waals surface area contributed by atoms with Crippen molar-refractivity contribution in [2.45, 2.75) is 69.5 Å². The maximum atomic E-state index is 12.5. The summed E-state index contributed by atoms with van der Waals surface area (Å²) in [6.07, 6.45) is -1.25. The Labute approximate surface area is 174 Å². The Bertz CT molecular complexity index is 586. The first-order valence-electron chi connectivity index (χ1n) is 9.52. The number of hydrogen-bond acceptors (Lipinski definition) is 9. The Kier molecular flexibility index (Phi) is 12.8. The SMILES string of the molecule is CC(O)C(NC(=O)C(N)CCCCN)C(=O)NC(C(=O)NC(CO)C(=O)O)C(C)O. The van der Waals surface area contributed by atoms with Crippen molar-refractivity contribution in [1.82, 2.24) is 16.0 Å². The van der Waals surface area contributed by atoms with Crippen molar-refractivity contribution in [3.8, 4) is 0 Å². The molecule has 0 aromatic heterocycles. The second-order valence-electron chi connectivity index (χ2n) is 6.93. The number of carboxylic acid groups (broad SMARTS) is 1. The molecule has 13 nitrogen and oxygen atoms in total. The van der Waals surface area contributed by atoms with E-state index in [1.54, 1.807) is 0 Å². The van der Waals surface area contributed by atoms with Gasteiger partial charge in [0, 0.05) is 0 Å². The molecule has 0 aliphatic rings. The monoisotopic (exact) mass is 435 g/mol. The van der Waals surface area contributed by atoms with Crippen LogP contribution in [0.25, 0.3) is 0 Å². The molecule has 0 fully saturated rings. The second kappa shape index (κ2) is 13.8. The topological polar surface area (TPSA) is 237 Å². The van der Waals surface area contributed by atoms with Crippen LogP contribution in [0, 0.1) is 0 Å². The molecule has 30 heavy (non-hydrogen) atoms. The third kappa shape index (κ3) is 9.45. The summed E-state index contributed by atoms with van der Waals surface area (Å²) in [6, 6.07) is -5.68. The molecular formula is C17H33N5O8. The Morgan fingerprint density at radius 1 is 0.867 bits per heavy atom. The van der Waals surface area contributed by atoms with Crippen LogP contribution in [-0.2, 0) is 19.2 Å². The second-order valence-corrected chi connectivity index (χ2v) is 6.93. The third-order valence-electron chi connectivity index (χ3n) is 4.23. The molecule has 0 aliphatic carbocycles. The smallest absolute Gasteiger partial charge is 0.328 e. The van der Waals surface area contributed by atoms with Gasteiger partial charge in [-0.25, -0.2) is 4.79 Å². The summed E-state index contributed by atoms with van der Waals surface area (Å²) in [5.74, 6) is -4.28. The van der Waals surface area contributed by atoms with Crippen molar-refractivity contribution < 1.29 is 39.6 Å². The van der Waals surface area contributed by atoms with Gasteiger partial charge in [0.05, 0.1) is 24.9 Å². The lowest BCUT2D eigenvalue weighted by Gasteiger charge is -2.27. The first-order valence-corrected chi connectivity index (χ1v) is 9.52. The minimum Gasteiger partial charge on any atom is -0.480 e. The number of carbonyl (C=O) groups is 4. The van der Waals surface area contributed by atoms with Gasteiger partial charge in [0.25, 0.3) is 0 Å². The number of nitrogens with one attached hydrogen (secondary N) is 3. The summed E-state index contributed by atoms with van der Waals surface area (Å²) in [5.41, 5.74) is 11.1. The normalized spacial score (nSPS) is 17.0. The molecule has 0 saturated heterocycles. The maximum Gasteiger partial charge on any atom is 0.328 e. The lowest BCUT2D eigenvalue weighted by atomic mass is 10.1. The van der Waals surface area contributed by atoms with Crippen molar-refractivity contribution >= 4 is 23.7 Å². The number of nitrogens with two attached hydrogens (primary N) is 2. The van der Waals surface area contributed by atoms with Crippen LogP contribution in [0.5, 0.6) is 0 Å². The molecule has 6 unspecified atom stereocenters. The molecule has 0 aromatic rings. The van der Waals surface area contributed by atoms with Gasteiger partial charge in [-0.2, -0.15) is 0 Å². The van der Waals surface area contributed by atoms with Crippen LogP contribution >= 0.6 is 0 Å². The minimum atomic E-state index is -1.64. The first-order chi connectivity index (χ1) is 14.0. The molecule has 11 N–H and O–H groups in total. The van der Waals surface area contributed by atoms with E-state index in [9.17, 15) is 29.4 Å². The summed E-state index contributed by atoms with van der Waals surface area (Å²) < 4.78 is 0. The molecule has 0 rings (SSSR count). The molecule has 0 radical (unpaired) electrons. The van der Waals surface area contributed by atoms with Gasteiger partial charge >= 0.3 is 5.97 Å². The van der Waals surface area contributed by atoms with Gasteiger partial charge in [0.2, 0.25) is 17.7 Å². The van der Waals surface area contributed by atoms with Crippen LogP contribution in [0.15, 0.2) is 0 Å². The van der Waals surface area contributed by atoms with E-state index in [1.807, 2.05) is 5.32 Å². The number of amides is 3. The van der Waals surface area contributed by atoms with E-state index in [0.29, 0.717) is 25.8 Å². The fourth-order valence-electron chi connectivity index (χ4n) is 2.40. The number of unbranched alkanes of at least 4 members (excludes halogenated alkanes) is 1. The van der Waals surface area contributed by atoms with E-state index in [2.05, 4.69) is 10.6 Å². The van der Waals surface area contributed by atoms with Gasteiger partial charge in [-0.1, -0.05) is 6.42 Å². The molecule has 3 amide bonds. The molecule has 0 heterocycles. The average Bonchev–Trinajstić information content (AvgIpc) is 2.66.